The van der Waals surface area contributed by atoms with Gasteiger partial charge in [-0.15, -0.1) is 5.10 Å². The van der Waals surface area contributed by atoms with Crippen molar-refractivity contribution in [2.45, 2.75) is 52.6 Å². The number of hydrogen-bond donors (Lipinski definition) is 1. The van der Waals surface area contributed by atoms with Gasteiger partial charge in [0.2, 0.25) is 0 Å². The third kappa shape index (κ3) is 4.19. The maximum atomic E-state index is 13.0. The maximum Gasteiger partial charge on any atom is 0.328 e. The number of hydrogen-bond acceptors (Lipinski definition) is 5. The van der Waals surface area contributed by atoms with Crippen LogP contribution in [0.2, 0.25) is 0 Å². The first kappa shape index (κ1) is 20.7. The van der Waals surface area contributed by atoms with Crippen LogP contribution in [-0.4, -0.2) is 34.7 Å². The molecule has 0 fully saturated rings. The normalized spacial score (nSPS) is 12.2. The van der Waals surface area contributed by atoms with E-state index in [2.05, 4.69) is 70.6 Å². The van der Waals surface area contributed by atoms with Crippen LogP contribution in [0.1, 0.15) is 50.9 Å². The van der Waals surface area contributed by atoms with Crippen molar-refractivity contribution in [2.75, 3.05) is 0 Å². The number of benzene rings is 1. The van der Waals surface area contributed by atoms with Crippen LogP contribution >= 0.6 is 0 Å². The lowest BCUT2D eigenvalue weighted by Crippen LogP contribution is -2.27. The van der Waals surface area contributed by atoms with E-state index in [1.54, 1.807) is 12.4 Å². The Morgan fingerprint density at radius 2 is 1.90 bits per heavy atom. The summed E-state index contributed by atoms with van der Waals surface area (Å²) in [5.74, 6) is 0.578. The zero-order chi connectivity index (χ0) is 21.8. The predicted octanol–water partition coefficient (Wildman–Crippen LogP) is 3.86. The molecule has 1 unspecified atom stereocenters. The number of H-pyrrole nitrogens is 1. The monoisotopic (exact) mass is 417 g/mol. The first-order chi connectivity index (χ1) is 15.1. The second-order valence-corrected chi connectivity index (χ2v) is 7.77. The number of pyridine rings is 1. The Morgan fingerprint density at radius 3 is 2.58 bits per heavy atom. The van der Waals surface area contributed by atoms with Gasteiger partial charge >= 0.3 is 5.69 Å². The second kappa shape index (κ2) is 9.07. The Kier molecular flexibility index (Phi) is 6.06. The zero-order valence-corrected chi connectivity index (χ0v) is 18.1. The van der Waals surface area contributed by atoms with E-state index in [0.717, 1.165) is 47.2 Å². The third-order valence-electron chi connectivity index (χ3n) is 5.69. The summed E-state index contributed by atoms with van der Waals surface area (Å²) in [4.78, 5) is 17.2. The molecule has 4 aromatic rings. The zero-order valence-electron chi connectivity index (χ0n) is 18.1. The molecule has 0 saturated heterocycles. The highest BCUT2D eigenvalue weighted by Gasteiger charge is 2.15. The van der Waals surface area contributed by atoms with Gasteiger partial charge in [0.05, 0.1) is 6.54 Å². The summed E-state index contributed by atoms with van der Waals surface area (Å²) in [5.41, 5.74) is 5.11. The fourth-order valence-corrected chi connectivity index (χ4v) is 3.77. The lowest BCUT2D eigenvalue weighted by atomic mass is 10.00. The Balaban J connectivity index is 1.64. The smallest absolute Gasteiger partial charge is 0.296 e. The van der Waals surface area contributed by atoms with E-state index >= 15 is 0 Å². The van der Waals surface area contributed by atoms with Crippen molar-refractivity contribution in [1.82, 2.24) is 34.7 Å². The third-order valence-corrected chi connectivity index (χ3v) is 5.69. The van der Waals surface area contributed by atoms with E-state index in [1.165, 1.54) is 0 Å². The van der Waals surface area contributed by atoms with Gasteiger partial charge in [0.25, 0.3) is 0 Å². The molecule has 1 atom stereocenters. The summed E-state index contributed by atoms with van der Waals surface area (Å²) >= 11 is 0. The summed E-state index contributed by atoms with van der Waals surface area (Å²) in [7, 11) is 0. The molecule has 3 aromatic heterocycles. The van der Waals surface area contributed by atoms with E-state index in [4.69, 9.17) is 0 Å². The molecule has 0 aliphatic rings. The van der Waals surface area contributed by atoms with E-state index in [0.29, 0.717) is 12.4 Å². The molecule has 0 amide bonds. The van der Waals surface area contributed by atoms with Gasteiger partial charge in [0.15, 0.2) is 5.82 Å². The van der Waals surface area contributed by atoms with E-state index in [9.17, 15) is 4.79 Å². The molecule has 31 heavy (non-hydrogen) atoms. The molecule has 160 valence electrons. The first-order valence-corrected chi connectivity index (χ1v) is 10.7. The van der Waals surface area contributed by atoms with Crippen molar-refractivity contribution in [1.29, 1.82) is 0 Å². The second-order valence-electron chi connectivity index (χ2n) is 7.77. The number of aryl methyl sites for hydroxylation is 1. The quantitative estimate of drug-likeness (QED) is 0.470. The van der Waals surface area contributed by atoms with Gasteiger partial charge in [0.1, 0.15) is 0 Å². The number of nitrogens with zero attached hydrogens (tertiary/aromatic N) is 6. The highest BCUT2D eigenvalue weighted by atomic mass is 16.1. The Labute approximate surface area is 181 Å². The number of nitrogens with one attached hydrogen (secondary N) is 1. The van der Waals surface area contributed by atoms with Gasteiger partial charge in [-0.25, -0.2) is 9.89 Å². The van der Waals surface area contributed by atoms with Crippen LogP contribution in [0, 0.1) is 0 Å². The van der Waals surface area contributed by atoms with Gasteiger partial charge in [-0.3, -0.25) is 14.1 Å². The molecule has 8 heteroatoms. The van der Waals surface area contributed by atoms with E-state index in [1.807, 2.05) is 21.4 Å². The van der Waals surface area contributed by atoms with Gasteiger partial charge in [-0.2, -0.15) is 0 Å². The van der Waals surface area contributed by atoms with E-state index < -0.39 is 0 Å². The van der Waals surface area contributed by atoms with Crippen molar-refractivity contribution >= 4 is 0 Å². The molecule has 1 aromatic carbocycles. The molecule has 0 aliphatic carbocycles. The van der Waals surface area contributed by atoms with Gasteiger partial charge in [-0.1, -0.05) is 44.5 Å². The van der Waals surface area contributed by atoms with Gasteiger partial charge in [0, 0.05) is 35.9 Å². The van der Waals surface area contributed by atoms with Crippen LogP contribution in [0.3, 0.4) is 0 Å². The molecule has 0 radical (unpaired) electrons. The standard InChI is InChI=1S/C23H27N7O/c1-4-6-19-15-29(16(3)5-2)23(31)30(19)14-17-7-9-18(10-8-17)20-11-12-24-13-21(20)22-25-27-28-26-22/h7-13,15-16H,4-6,14H2,1-3H3,(H,25,26,27,28). The molecule has 4 rings (SSSR count). The number of tetrazole rings is 1. The van der Waals surface area contributed by atoms with Crippen LogP contribution in [0.25, 0.3) is 22.5 Å². The molecule has 0 spiro atoms. The van der Waals surface area contributed by atoms with Crippen LogP contribution in [-0.2, 0) is 13.0 Å². The van der Waals surface area contributed by atoms with Crippen molar-refractivity contribution in [3.63, 3.8) is 0 Å². The Morgan fingerprint density at radius 1 is 1.10 bits per heavy atom. The summed E-state index contributed by atoms with van der Waals surface area (Å²) in [6.45, 7) is 6.90. The summed E-state index contributed by atoms with van der Waals surface area (Å²) in [6.07, 6.45) is 8.36. The Bertz CT molecular complexity index is 1190. The van der Waals surface area contributed by atoms with Crippen molar-refractivity contribution < 1.29 is 0 Å². The highest BCUT2D eigenvalue weighted by molar-refractivity contribution is 5.79. The summed E-state index contributed by atoms with van der Waals surface area (Å²) in [6, 6.07) is 10.4. The van der Waals surface area contributed by atoms with Crippen LogP contribution < -0.4 is 5.69 Å². The van der Waals surface area contributed by atoms with Crippen LogP contribution in [0.15, 0.2) is 53.7 Å². The molecule has 3 heterocycles. The fraction of sp³-hybridized carbons (Fsp3) is 0.348. The van der Waals surface area contributed by atoms with Crippen molar-refractivity contribution in [2.24, 2.45) is 0 Å². The van der Waals surface area contributed by atoms with E-state index in [-0.39, 0.29) is 11.7 Å². The number of aromatic nitrogens is 7. The predicted molar refractivity (Wildman–Crippen MR) is 120 cm³/mol. The first-order valence-electron chi connectivity index (χ1n) is 10.7. The Hall–Kier alpha value is -3.55. The van der Waals surface area contributed by atoms with Crippen molar-refractivity contribution in [3.05, 3.63) is 70.7 Å². The fourth-order valence-electron chi connectivity index (χ4n) is 3.77. The molecule has 0 bridgehead atoms. The number of aromatic amines is 1. The summed E-state index contributed by atoms with van der Waals surface area (Å²) in [5, 5.41) is 14.1. The molecule has 1 N–H and O–H groups in total. The van der Waals surface area contributed by atoms with Crippen LogP contribution in [0.5, 0.6) is 0 Å². The topological polar surface area (TPSA) is 94.3 Å². The van der Waals surface area contributed by atoms with Gasteiger partial charge < -0.3 is 0 Å². The minimum Gasteiger partial charge on any atom is -0.296 e. The summed E-state index contributed by atoms with van der Waals surface area (Å²) < 4.78 is 3.77. The molecule has 0 saturated carbocycles. The highest BCUT2D eigenvalue weighted by Crippen LogP contribution is 2.29. The largest absolute Gasteiger partial charge is 0.328 e. The minimum atomic E-state index is 0.0658. The lowest BCUT2D eigenvalue weighted by Gasteiger charge is -2.10. The lowest BCUT2D eigenvalue weighted by molar-refractivity contribution is 0.504. The van der Waals surface area contributed by atoms with Crippen molar-refractivity contribution in [3.8, 4) is 22.5 Å². The molecular formula is C23H27N7O. The van der Waals surface area contributed by atoms with Gasteiger partial charge in [-0.05, 0) is 52.9 Å². The molecular weight excluding hydrogens is 390 g/mol. The number of imidazole rings is 1. The number of rotatable bonds is 8. The average Bonchev–Trinajstić information content (AvgIpc) is 3.44. The maximum absolute atomic E-state index is 13.0. The molecule has 8 nitrogen and oxygen atoms in total. The minimum absolute atomic E-state index is 0.0658. The van der Waals surface area contributed by atoms with Crippen LogP contribution in [0.4, 0.5) is 0 Å². The molecule has 0 aliphatic heterocycles. The SMILES string of the molecule is CCCc1cn(C(C)CC)c(=O)n1Cc1ccc(-c2ccncc2-c2nnn[nH]2)cc1. The average molecular weight is 418 g/mol.